The summed E-state index contributed by atoms with van der Waals surface area (Å²) in [5.74, 6) is -0.0298. The van der Waals surface area contributed by atoms with E-state index in [0.717, 1.165) is 51.4 Å². The molecule has 0 aliphatic heterocycles. The number of esters is 1. The van der Waals surface area contributed by atoms with Crippen LogP contribution < -0.4 is 5.32 Å². The third-order valence-corrected chi connectivity index (χ3v) is 16.4. The highest BCUT2D eigenvalue weighted by Crippen LogP contribution is 2.19. The van der Waals surface area contributed by atoms with E-state index in [2.05, 4.69) is 55.6 Å². The summed E-state index contributed by atoms with van der Waals surface area (Å²) >= 11 is 0. The highest BCUT2D eigenvalue weighted by atomic mass is 16.5. The van der Waals surface area contributed by atoms with Gasteiger partial charge in [-0.05, 0) is 77.0 Å². The van der Waals surface area contributed by atoms with Gasteiger partial charge in [0.05, 0.1) is 25.4 Å². The lowest BCUT2D eigenvalue weighted by molar-refractivity contribution is -0.143. The first-order valence-electron chi connectivity index (χ1n) is 35.2. The second-order valence-electron chi connectivity index (χ2n) is 24.2. The molecule has 0 aromatic rings. The molecule has 78 heavy (non-hydrogen) atoms. The van der Waals surface area contributed by atoms with Crippen LogP contribution in [0.1, 0.15) is 386 Å². The normalized spacial score (nSPS) is 12.7. The molecule has 0 heterocycles. The molecule has 0 aromatic heterocycles. The van der Waals surface area contributed by atoms with Crippen LogP contribution in [0.25, 0.3) is 0 Å². The standard InChI is InChI=1S/C72H137NO5/c1-3-5-7-9-11-13-15-17-19-20-31-34-37-40-44-48-52-56-60-64-70(75)69(68-74)73-71(76)65-61-57-53-49-45-41-38-35-32-29-27-25-23-21-22-24-26-28-30-33-36-39-43-47-51-55-59-63-67-78-72(77)66-62-58-54-50-46-42-18-16-14-12-10-8-6-4-2/h10,12,16,18,21-22,69-70,74-75H,3-9,11,13-15,17,19-20,23-68H2,1-2H3,(H,73,76)/b12-10-,18-16-,22-21-. The number of carbonyl (C=O) groups is 2. The Bertz CT molecular complexity index is 1260. The Hall–Kier alpha value is -1.92. The number of unbranched alkanes of at least 4 members (excludes halogenated alkanes) is 49. The van der Waals surface area contributed by atoms with Crippen molar-refractivity contribution in [2.24, 2.45) is 0 Å². The first-order valence-corrected chi connectivity index (χ1v) is 35.2. The number of amides is 1. The summed E-state index contributed by atoms with van der Waals surface area (Å²) < 4.78 is 5.48. The van der Waals surface area contributed by atoms with Gasteiger partial charge in [-0.2, -0.15) is 0 Å². The van der Waals surface area contributed by atoms with Crippen LogP contribution in [0.15, 0.2) is 36.5 Å². The lowest BCUT2D eigenvalue weighted by Gasteiger charge is -2.22. The number of allylic oxidation sites excluding steroid dienone is 6. The molecule has 460 valence electrons. The van der Waals surface area contributed by atoms with Gasteiger partial charge in [0.15, 0.2) is 0 Å². The summed E-state index contributed by atoms with van der Waals surface area (Å²) in [5, 5.41) is 23.4. The molecule has 6 nitrogen and oxygen atoms in total. The maximum atomic E-state index is 12.5. The van der Waals surface area contributed by atoms with E-state index in [1.807, 2.05) is 0 Å². The van der Waals surface area contributed by atoms with E-state index >= 15 is 0 Å². The van der Waals surface area contributed by atoms with Crippen LogP contribution in [0.4, 0.5) is 0 Å². The Morgan fingerprint density at radius 1 is 0.359 bits per heavy atom. The van der Waals surface area contributed by atoms with E-state index in [0.29, 0.717) is 25.9 Å². The molecule has 0 aromatic carbocycles. The van der Waals surface area contributed by atoms with Crippen LogP contribution in [-0.2, 0) is 14.3 Å². The fraction of sp³-hybridized carbons (Fsp3) is 0.889. The van der Waals surface area contributed by atoms with Crippen molar-refractivity contribution < 1.29 is 24.5 Å². The number of aliphatic hydroxyl groups is 2. The van der Waals surface area contributed by atoms with Gasteiger partial charge in [0.2, 0.25) is 5.91 Å². The predicted molar refractivity (Wildman–Crippen MR) is 343 cm³/mol. The van der Waals surface area contributed by atoms with Crippen LogP contribution in [0.3, 0.4) is 0 Å². The molecule has 0 bridgehead atoms. The van der Waals surface area contributed by atoms with E-state index < -0.39 is 12.1 Å². The quantitative estimate of drug-likeness (QED) is 0.0320. The summed E-state index contributed by atoms with van der Waals surface area (Å²) in [6.45, 7) is 4.94. The van der Waals surface area contributed by atoms with Crippen molar-refractivity contribution in [2.75, 3.05) is 13.2 Å². The summed E-state index contributed by atoms with van der Waals surface area (Å²) in [5.41, 5.74) is 0. The average molecular weight is 1100 g/mol. The Labute approximate surface area is 487 Å². The first kappa shape index (κ1) is 76.1. The zero-order valence-corrected chi connectivity index (χ0v) is 52.7. The molecule has 0 aliphatic carbocycles. The SMILES string of the molecule is CCCC/C=C\C/C=C\CCCCCCCC(=O)OCCCCCCCCCCCCCC/C=C\CCCCCCCCCCCCCCC(=O)NC(CO)C(O)CCCCCCCCCCCCCCCCCCCCC. The molecular formula is C72H137NO5. The van der Waals surface area contributed by atoms with E-state index in [9.17, 15) is 19.8 Å². The fourth-order valence-corrected chi connectivity index (χ4v) is 11.0. The average Bonchev–Trinajstić information content (AvgIpc) is 3.44. The number of hydrogen-bond acceptors (Lipinski definition) is 5. The highest BCUT2D eigenvalue weighted by Gasteiger charge is 2.20. The van der Waals surface area contributed by atoms with Gasteiger partial charge >= 0.3 is 5.97 Å². The van der Waals surface area contributed by atoms with Crippen molar-refractivity contribution in [1.82, 2.24) is 5.32 Å². The molecule has 0 radical (unpaired) electrons. The maximum absolute atomic E-state index is 12.5. The van der Waals surface area contributed by atoms with Gasteiger partial charge in [0, 0.05) is 12.8 Å². The molecule has 0 spiro atoms. The fourth-order valence-electron chi connectivity index (χ4n) is 11.0. The molecule has 0 saturated heterocycles. The largest absolute Gasteiger partial charge is 0.466 e. The molecule has 0 saturated carbocycles. The van der Waals surface area contributed by atoms with E-state index in [1.54, 1.807) is 0 Å². The zero-order valence-electron chi connectivity index (χ0n) is 52.7. The van der Waals surface area contributed by atoms with Crippen LogP contribution in [-0.4, -0.2) is 47.4 Å². The van der Waals surface area contributed by atoms with Gasteiger partial charge in [-0.3, -0.25) is 9.59 Å². The minimum atomic E-state index is -0.665. The molecular weight excluding hydrogens is 959 g/mol. The second-order valence-corrected chi connectivity index (χ2v) is 24.2. The Morgan fingerprint density at radius 2 is 0.654 bits per heavy atom. The second kappa shape index (κ2) is 67.6. The van der Waals surface area contributed by atoms with Gasteiger partial charge in [0.1, 0.15) is 0 Å². The predicted octanol–water partition coefficient (Wildman–Crippen LogP) is 22.7. The van der Waals surface area contributed by atoms with Gasteiger partial charge in [-0.15, -0.1) is 0 Å². The van der Waals surface area contributed by atoms with Gasteiger partial charge in [-0.25, -0.2) is 0 Å². The molecule has 0 aliphatic rings. The number of rotatable bonds is 66. The third-order valence-electron chi connectivity index (χ3n) is 16.4. The van der Waals surface area contributed by atoms with Crippen LogP contribution in [0, 0.1) is 0 Å². The summed E-state index contributed by atoms with van der Waals surface area (Å²) in [4.78, 5) is 24.6. The first-order chi connectivity index (χ1) is 38.5. The van der Waals surface area contributed by atoms with Crippen LogP contribution in [0.2, 0.25) is 0 Å². The molecule has 0 rings (SSSR count). The molecule has 2 atom stereocenters. The molecule has 1 amide bonds. The van der Waals surface area contributed by atoms with Crippen molar-refractivity contribution in [3.63, 3.8) is 0 Å². The zero-order chi connectivity index (χ0) is 56.4. The van der Waals surface area contributed by atoms with Crippen molar-refractivity contribution in [2.45, 2.75) is 398 Å². The van der Waals surface area contributed by atoms with Crippen LogP contribution >= 0.6 is 0 Å². The van der Waals surface area contributed by atoms with E-state index in [1.165, 1.54) is 302 Å². The Morgan fingerprint density at radius 3 is 1.03 bits per heavy atom. The Kier molecular flexibility index (Phi) is 65.9. The van der Waals surface area contributed by atoms with Gasteiger partial charge in [-0.1, -0.05) is 333 Å². The molecule has 3 N–H and O–H groups in total. The van der Waals surface area contributed by atoms with Crippen molar-refractivity contribution in [1.29, 1.82) is 0 Å². The lowest BCUT2D eigenvalue weighted by Crippen LogP contribution is -2.45. The molecule has 2 unspecified atom stereocenters. The lowest BCUT2D eigenvalue weighted by atomic mass is 10.0. The summed E-state index contributed by atoms with van der Waals surface area (Å²) in [6.07, 6.45) is 86.2. The number of nitrogens with one attached hydrogen (secondary N) is 1. The van der Waals surface area contributed by atoms with Gasteiger partial charge in [0.25, 0.3) is 0 Å². The number of ether oxygens (including phenoxy) is 1. The smallest absolute Gasteiger partial charge is 0.305 e. The minimum Gasteiger partial charge on any atom is -0.466 e. The monoisotopic (exact) mass is 1100 g/mol. The van der Waals surface area contributed by atoms with E-state index in [4.69, 9.17) is 4.74 Å². The number of carbonyl (C=O) groups excluding carboxylic acids is 2. The van der Waals surface area contributed by atoms with Gasteiger partial charge < -0.3 is 20.3 Å². The molecule has 6 heteroatoms. The van der Waals surface area contributed by atoms with Crippen molar-refractivity contribution in [3.05, 3.63) is 36.5 Å². The van der Waals surface area contributed by atoms with Crippen LogP contribution in [0.5, 0.6) is 0 Å². The number of hydrogen-bond donors (Lipinski definition) is 3. The topological polar surface area (TPSA) is 95.9 Å². The Balaban J connectivity index is 3.38. The summed E-state index contributed by atoms with van der Waals surface area (Å²) in [7, 11) is 0. The van der Waals surface area contributed by atoms with Crippen molar-refractivity contribution >= 4 is 11.9 Å². The third kappa shape index (κ3) is 63.3. The van der Waals surface area contributed by atoms with E-state index in [-0.39, 0.29) is 18.5 Å². The highest BCUT2D eigenvalue weighted by molar-refractivity contribution is 5.76. The number of aliphatic hydroxyl groups excluding tert-OH is 2. The maximum Gasteiger partial charge on any atom is 0.305 e. The molecule has 0 fully saturated rings. The van der Waals surface area contributed by atoms with Crippen molar-refractivity contribution in [3.8, 4) is 0 Å². The summed E-state index contributed by atoms with van der Waals surface area (Å²) in [6, 6.07) is -0.542. The minimum absolute atomic E-state index is 0.00156.